The molecule has 2 aromatic rings. The molecule has 0 amide bonds. The predicted molar refractivity (Wildman–Crippen MR) is 138 cm³/mol. The number of rotatable bonds is 8. The van der Waals surface area contributed by atoms with E-state index in [2.05, 4.69) is 43.0 Å². The number of piperidine rings is 4. The lowest BCUT2D eigenvalue weighted by Gasteiger charge is -2.52. The molecule has 35 heavy (non-hydrogen) atoms. The average Bonchev–Trinajstić information content (AvgIpc) is 2.91. The van der Waals surface area contributed by atoms with Crippen LogP contribution in [-0.2, 0) is 15.1 Å². The van der Waals surface area contributed by atoms with Gasteiger partial charge in [-0.1, -0.05) is 54.4 Å². The molecule has 0 radical (unpaired) electrons. The highest BCUT2D eigenvalue weighted by molar-refractivity contribution is 5.82. The lowest BCUT2D eigenvalue weighted by atomic mass is 9.82. The van der Waals surface area contributed by atoms with Gasteiger partial charge in [0.15, 0.2) is 6.10 Å². The number of carbonyl (C=O) groups excluding carboxylic acids is 1. The van der Waals surface area contributed by atoms with E-state index in [4.69, 9.17) is 9.47 Å². The molecule has 6 rings (SSSR count). The largest absolute Gasteiger partial charge is 0.488 e. The van der Waals surface area contributed by atoms with E-state index < -0.39 is 5.54 Å². The Kier molecular flexibility index (Phi) is 7.17. The summed E-state index contributed by atoms with van der Waals surface area (Å²) in [6.45, 7) is 11.0. The number of likely N-dealkylation sites (tertiary alicyclic amines) is 1. The Morgan fingerprint density at radius 1 is 1.00 bits per heavy atom. The molecule has 4 fully saturated rings. The first-order valence-corrected chi connectivity index (χ1v) is 13.5. The molecule has 2 atom stereocenters. The second-order valence-corrected chi connectivity index (χ2v) is 11.1. The number of benzene rings is 2. The lowest BCUT2D eigenvalue weighted by molar-refractivity contribution is -0.946. The predicted octanol–water partition coefficient (Wildman–Crippen LogP) is 4.93. The molecule has 4 saturated heterocycles. The maximum Gasteiger partial charge on any atom is 0.331 e. The second-order valence-electron chi connectivity index (χ2n) is 11.1. The molecule has 0 spiro atoms. The SMILES string of the molecule is Cc1ccc(OCC[N+]23CCC(CC2)[C@@H](OC(=O)[C@](C)(c2ccccc2)N2CCCCC2)C3)cc1. The van der Waals surface area contributed by atoms with Crippen molar-refractivity contribution in [1.82, 2.24) is 4.90 Å². The van der Waals surface area contributed by atoms with E-state index in [1.54, 1.807) is 0 Å². The minimum absolute atomic E-state index is 0.00259. The van der Waals surface area contributed by atoms with Gasteiger partial charge in [0.1, 0.15) is 31.0 Å². The summed E-state index contributed by atoms with van der Waals surface area (Å²) in [5.41, 5.74) is 1.56. The Hall–Kier alpha value is -2.37. The summed E-state index contributed by atoms with van der Waals surface area (Å²) in [4.78, 5) is 16.3. The molecule has 5 heteroatoms. The Labute approximate surface area is 210 Å². The number of aryl methyl sites for hydroxylation is 1. The van der Waals surface area contributed by atoms with Gasteiger partial charge in [0.05, 0.1) is 13.1 Å². The third kappa shape index (κ3) is 5.12. The van der Waals surface area contributed by atoms with Crippen molar-refractivity contribution in [2.24, 2.45) is 5.92 Å². The van der Waals surface area contributed by atoms with Gasteiger partial charge in [-0.15, -0.1) is 0 Å². The van der Waals surface area contributed by atoms with Crippen LogP contribution in [0.25, 0.3) is 0 Å². The summed E-state index contributed by atoms with van der Waals surface area (Å²) in [6, 6.07) is 18.5. The molecular weight excluding hydrogens is 436 g/mol. The fraction of sp³-hybridized carbons (Fsp3) is 0.567. The molecule has 0 saturated carbocycles. The number of nitrogens with zero attached hydrogens (tertiary/aromatic N) is 2. The van der Waals surface area contributed by atoms with Crippen LogP contribution in [0.3, 0.4) is 0 Å². The number of carbonyl (C=O) groups is 1. The van der Waals surface area contributed by atoms with Gasteiger partial charge in [0.2, 0.25) is 0 Å². The lowest BCUT2D eigenvalue weighted by Crippen LogP contribution is -2.66. The third-order valence-corrected chi connectivity index (χ3v) is 8.88. The molecule has 0 N–H and O–H groups in total. The van der Waals surface area contributed by atoms with Gasteiger partial charge >= 0.3 is 5.97 Å². The van der Waals surface area contributed by atoms with E-state index in [0.29, 0.717) is 12.5 Å². The van der Waals surface area contributed by atoms with Crippen molar-refractivity contribution in [2.45, 2.75) is 57.6 Å². The molecular formula is C30H41N2O3+. The van der Waals surface area contributed by atoms with E-state index in [-0.39, 0.29) is 12.1 Å². The van der Waals surface area contributed by atoms with Gasteiger partial charge in [-0.25, -0.2) is 4.79 Å². The van der Waals surface area contributed by atoms with Gasteiger partial charge in [0.25, 0.3) is 0 Å². The number of hydrogen-bond acceptors (Lipinski definition) is 4. The number of esters is 1. The first kappa shape index (κ1) is 24.3. The molecule has 2 aromatic carbocycles. The van der Waals surface area contributed by atoms with E-state index in [0.717, 1.165) is 80.7 Å². The highest BCUT2D eigenvalue weighted by atomic mass is 16.5. The first-order valence-electron chi connectivity index (χ1n) is 13.5. The maximum absolute atomic E-state index is 13.9. The molecule has 5 nitrogen and oxygen atoms in total. The molecule has 0 aromatic heterocycles. The molecule has 4 heterocycles. The van der Waals surface area contributed by atoms with Gasteiger partial charge in [-0.05, 0) is 57.5 Å². The zero-order valence-corrected chi connectivity index (χ0v) is 21.5. The quantitative estimate of drug-likeness (QED) is 0.399. The first-order chi connectivity index (χ1) is 17.0. The highest BCUT2D eigenvalue weighted by Crippen LogP contribution is 2.38. The minimum atomic E-state index is -0.729. The monoisotopic (exact) mass is 477 g/mol. The van der Waals surface area contributed by atoms with Crippen LogP contribution in [0.2, 0.25) is 0 Å². The fourth-order valence-corrected chi connectivity index (χ4v) is 6.45. The number of fused-ring (bicyclic) bond motifs is 3. The highest BCUT2D eigenvalue weighted by Gasteiger charge is 2.50. The van der Waals surface area contributed by atoms with Crippen LogP contribution in [0.4, 0.5) is 0 Å². The van der Waals surface area contributed by atoms with Crippen molar-refractivity contribution < 1.29 is 18.8 Å². The summed E-state index contributed by atoms with van der Waals surface area (Å²) in [7, 11) is 0. The average molecular weight is 478 g/mol. The second kappa shape index (κ2) is 10.3. The molecule has 0 unspecified atom stereocenters. The van der Waals surface area contributed by atoms with E-state index >= 15 is 0 Å². The Morgan fingerprint density at radius 2 is 1.69 bits per heavy atom. The third-order valence-electron chi connectivity index (χ3n) is 8.88. The van der Waals surface area contributed by atoms with Crippen molar-refractivity contribution in [3.63, 3.8) is 0 Å². The van der Waals surface area contributed by atoms with Crippen molar-refractivity contribution in [3.05, 3.63) is 65.7 Å². The van der Waals surface area contributed by atoms with Crippen LogP contribution >= 0.6 is 0 Å². The zero-order chi connectivity index (χ0) is 24.3. The number of quaternary nitrogens is 1. The van der Waals surface area contributed by atoms with Gasteiger partial charge < -0.3 is 14.0 Å². The van der Waals surface area contributed by atoms with Crippen molar-refractivity contribution in [3.8, 4) is 5.75 Å². The van der Waals surface area contributed by atoms with Gasteiger partial charge in [-0.2, -0.15) is 0 Å². The Bertz CT molecular complexity index is 978. The normalized spacial score (nSPS) is 28.3. The van der Waals surface area contributed by atoms with Crippen LogP contribution in [0.1, 0.15) is 50.2 Å². The smallest absolute Gasteiger partial charge is 0.331 e. The van der Waals surface area contributed by atoms with Crippen LogP contribution in [-0.4, -0.2) is 67.3 Å². The summed E-state index contributed by atoms with van der Waals surface area (Å²) in [5.74, 6) is 1.35. The summed E-state index contributed by atoms with van der Waals surface area (Å²) < 4.78 is 13.6. The van der Waals surface area contributed by atoms with Gasteiger partial charge in [-0.3, -0.25) is 4.90 Å². The number of ether oxygens (including phenoxy) is 2. The molecule has 188 valence electrons. The molecule has 0 aliphatic carbocycles. The number of hydrogen-bond donors (Lipinski definition) is 0. The minimum Gasteiger partial charge on any atom is -0.488 e. The van der Waals surface area contributed by atoms with Crippen LogP contribution in [0.5, 0.6) is 5.75 Å². The zero-order valence-electron chi connectivity index (χ0n) is 21.5. The van der Waals surface area contributed by atoms with Crippen molar-refractivity contribution >= 4 is 5.97 Å². The standard InChI is InChI=1S/C30H41N2O3/c1-24-11-13-27(14-12-24)34-22-21-32-19-15-25(16-20-32)28(23-32)35-29(33)30(2,26-9-5-3-6-10-26)31-17-7-4-8-18-31/h3,5-6,9-14,25,28H,4,7-8,15-23H2,1-2H3/q+1/t25?,28-,30-,32?/m0/s1. The Balaban J connectivity index is 1.27. The van der Waals surface area contributed by atoms with E-state index in [9.17, 15) is 4.79 Å². The van der Waals surface area contributed by atoms with Crippen molar-refractivity contribution in [2.75, 3.05) is 45.9 Å². The topological polar surface area (TPSA) is 38.8 Å². The molecule has 2 bridgehead atoms. The summed E-state index contributed by atoms with van der Waals surface area (Å²) >= 11 is 0. The maximum atomic E-state index is 13.9. The van der Waals surface area contributed by atoms with Crippen LogP contribution < -0.4 is 4.74 Å². The molecule has 4 aliphatic heterocycles. The molecule has 4 aliphatic rings. The Morgan fingerprint density at radius 3 is 2.37 bits per heavy atom. The summed E-state index contributed by atoms with van der Waals surface area (Å²) in [6.07, 6.45) is 5.79. The van der Waals surface area contributed by atoms with Crippen molar-refractivity contribution in [1.29, 1.82) is 0 Å². The van der Waals surface area contributed by atoms with Crippen LogP contribution in [0.15, 0.2) is 54.6 Å². The van der Waals surface area contributed by atoms with Crippen LogP contribution in [0, 0.1) is 12.8 Å². The van der Waals surface area contributed by atoms with E-state index in [1.165, 1.54) is 12.0 Å². The van der Waals surface area contributed by atoms with Gasteiger partial charge in [0, 0.05) is 18.8 Å². The summed E-state index contributed by atoms with van der Waals surface area (Å²) in [5, 5.41) is 0. The van der Waals surface area contributed by atoms with E-state index in [1.807, 2.05) is 30.3 Å². The fourth-order valence-electron chi connectivity index (χ4n) is 6.45.